The number of carbonyl (C=O) groups excluding carboxylic acids is 1. The maximum atomic E-state index is 12.0. The Morgan fingerprint density at radius 2 is 2.21 bits per heavy atom. The lowest BCUT2D eigenvalue weighted by molar-refractivity contribution is -0.122. The van der Waals surface area contributed by atoms with E-state index in [2.05, 4.69) is 26.2 Å². The molecule has 1 aromatic carbocycles. The number of anilines is 1. The SMILES string of the molecule is Cc1cnc(NC(=O)C(C)Oc2ccccc2Br)s1. The van der Waals surface area contributed by atoms with Crippen molar-refractivity contribution in [2.75, 3.05) is 5.32 Å². The minimum absolute atomic E-state index is 0.217. The van der Waals surface area contributed by atoms with Crippen molar-refractivity contribution in [3.05, 3.63) is 39.8 Å². The van der Waals surface area contributed by atoms with Gasteiger partial charge in [0.05, 0.1) is 4.47 Å². The van der Waals surface area contributed by atoms with Crippen LogP contribution in [0, 0.1) is 6.92 Å². The predicted molar refractivity (Wildman–Crippen MR) is 79.7 cm³/mol. The summed E-state index contributed by atoms with van der Waals surface area (Å²) < 4.78 is 6.42. The van der Waals surface area contributed by atoms with Gasteiger partial charge in [0.2, 0.25) is 0 Å². The molecule has 1 aromatic heterocycles. The number of carbonyl (C=O) groups is 1. The van der Waals surface area contributed by atoms with Crippen molar-refractivity contribution in [3.8, 4) is 5.75 Å². The molecule has 1 unspecified atom stereocenters. The van der Waals surface area contributed by atoms with E-state index in [9.17, 15) is 4.79 Å². The minimum Gasteiger partial charge on any atom is -0.480 e. The molecule has 0 bridgehead atoms. The number of aryl methyl sites for hydroxylation is 1. The van der Waals surface area contributed by atoms with E-state index in [0.29, 0.717) is 10.9 Å². The number of benzene rings is 1. The Labute approximate surface area is 124 Å². The van der Waals surface area contributed by atoms with Crippen molar-refractivity contribution in [3.63, 3.8) is 0 Å². The highest BCUT2D eigenvalue weighted by Crippen LogP contribution is 2.25. The van der Waals surface area contributed by atoms with Crippen LogP contribution < -0.4 is 10.1 Å². The fourth-order valence-electron chi connectivity index (χ4n) is 1.40. The van der Waals surface area contributed by atoms with E-state index in [1.165, 1.54) is 11.3 Å². The smallest absolute Gasteiger partial charge is 0.266 e. The topological polar surface area (TPSA) is 51.2 Å². The molecule has 0 saturated carbocycles. The Kier molecular flexibility index (Phi) is 4.55. The summed E-state index contributed by atoms with van der Waals surface area (Å²) in [6.07, 6.45) is 1.13. The number of rotatable bonds is 4. The fourth-order valence-corrected chi connectivity index (χ4v) is 2.45. The lowest BCUT2D eigenvalue weighted by Gasteiger charge is -2.14. The Morgan fingerprint density at radius 3 is 2.84 bits per heavy atom. The molecule has 1 heterocycles. The Hall–Kier alpha value is -1.40. The standard InChI is InChI=1S/C13H13BrN2O2S/c1-8-7-15-13(19-8)16-12(17)9(2)18-11-6-4-3-5-10(11)14/h3-7,9H,1-2H3,(H,15,16,17). The zero-order valence-corrected chi connectivity index (χ0v) is 12.9. The van der Waals surface area contributed by atoms with Gasteiger partial charge in [-0.1, -0.05) is 12.1 Å². The summed E-state index contributed by atoms with van der Waals surface area (Å²) >= 11 is 4.81. The predicted octanol–water partition coefficient (Wildman–Crippen LogP) is 3.62. The van der Waals surface area contributed by atoms with Crippen molar-refractivity contribution in [2.24, 2.45) is 0 Å². The number of nitrogens with one attached hydrogen (secondary N) is 1. The minimum atomic E-state index is -0.595. The van der Waals surface area contributed by atoms with Crippen LogP contribution in [0.2, 0.25) is 0 Å². The molecule has 0 aliphatic heterocycles. The Bertz CT molecular complexity index is 586. The average molecular weight is 341 g/mol. The molecule has 1 atom stereocenters. The summed E-state index contributed by atoms with van der Waals surface area (Å²) in [5.41, 5.74) is 0. The third-order valence-electron chi connectivity index (χ3n) is 2.36. The molecule has 0 aliphatic carbocycles. The summed E-state index contributed by atoms with van der Waals surface area (Å²) in [5, 5.41) is 3.32. The molecule has 100 valence electrons. The number of para-hydroxylation sites is 1. The van der Waals surface area contributed by atoms with E-state index in [1.54, 1.807) is 19.2 Å². The molecule has 0 saturated heterocycles. The molecule has 0 spiro atoms. The zero-order valence-electron chi connectivity index (χ0n) is 10.5. The lowest BCUT2D eigenvalue weighted by atomic mass is 10.3. The summed E-state index contributed by atoms with van der Waals surface area (Å²) in [7, 11) is 0. The molecular weight excluding hydrogens is 328 g/mol. The molecule has 2 rings (SSSR count). The van der Waals surface area contributed by atoms with E-state index in [1.807, 2.05) is 25.1 Å². The van der Waals surface area contributed by atoms with E-state index in [-0.39, 0.29) is 5.91 Å². The van der Waals surface area contributed by atoms with E-state index < -0.39 is 6.10 Å². The molecule has 6 heteroatoms. The first-order valence-electron chi connectivity index (χ1n) is 5.71. The van der Waals surface area contributed by atoms with Crippen LogP contribution in [0.3, 0.4) is 0 Å². The highest BCUT2D eigenvalue weighted by atomic mass is 79.9. The first-order valence-corrected chi connectivity index (χ1v) is 7.31. The lowest BCUT2D eigenvalue weighted by Crippen LogP contribution is -2.30. The molecule has 1 N–H and O–H groups in total. The second-order valence-corrected chi connectivity index (χ2v) is 6.04. The largest absolute Gasteiger partial charge is 0.480 e. The maximum absolute atomic E-state index is 12.0. The van der Waals surface area contributed by atoms with Gasteiger partial charge in [-0.3, -0.25) is 10.1 Å². The number of aromatic nitrogens is 1. The molecule has 4 nitrogen and oxygen atoms in total. The quantitative estimate of drug-likeness (QED) is 0.924. The highest BCUT2D eigenvalue weighted by molar-refractivity contribution is 9.10. The van der Waals surface area contributed by atoms with Crippen LogP contribution in [-0.4, -0.2) is 17.0 Å². The van der Waals surface area contributed by atoms with E-state index in [4.69, 9.17) is 4.74 Å². The van der Waals surface area contributed by atoms with Crippen molar-refractivity contribution >= 4 is 38.3 Å². The molecule has 0 radical (unpaired) electrons. The van der Waals surface area contributed by atoms with Crippen molar-refractivity contribution < 1.29 is 9.53 Å². The van der Waals surface area contributed by atoms with E-state index >= 15 is 0 Å². The van der Waals surface area contributed by atoms with Gasteiger partial charge in [0.25, 0.3) is 5.91 Å². The number of ether oxygens (including phenoxy) is 1. The van der Waals surface area contributed by atoms with Gasteiger partial charge in [0.1, 0.15) is 5.75 Å². The maximum Gasteiger partial charge on any atom is 0.266 e. The van der Waals surface area contributed by atoms with Gasteiger partial charge >= 0.3 is 0 Å². The van der Waals surface area contributed by atoms with Gasteiger partial charge < -0.3 is 4.74 Å². The van der Waals surface area contributed by atoms with Crippen molar-refractivity contribution in [2.45, 2.75) is 20.0 Å². The third kappa shape index (κ3) is 3.78. The van der Waals surface area contributed by atoms with Gasteiger partial charge in [-0.25, -0.2) is 4.98 Å². The number of amides is 1. The Balaban J connectivity index is 1.98. The van der Waals surface area contributed by atoms with Crippen LogP contribution in [-0.2, 0) is 4.79 Å². The normalized spacial score (nSPS) is 11.9. The number of thiazole rings is 1. The molecule has 0 fully saturated rings. The van der Waals surface area contributed by atoms with E-state index in [0.717, 1.165) is 9.35 Å². The van der Waals surface area contributed by atoms with Gasteiger partial charge in [0.15, 0.2) is 11.2 Å². The van der Waals surface area contributed by atoms with Gasteiger partial charge in [-0.15, -0.1) is 11.3 Å². The van der Waals surface area contributed by atoms with Crippen molar-refractivity contribution in [1.82, 2.24) is 4.98 Å². The molecule has 0 aliphatic rings. The number of hydrogen-bond acceptors (Lipinski definition) is 4. The first-order chi connectivity index (χ1) is 9.06. The van der Waals surface area contributed by atoms with Gasteiger partial charge in [-0.2, -0.15) is 0 Å². The van der Waals surface area contributed by atoms with Crippen LogP contribution in [0.4, 0.5) is 5.13 Å². The zero-order chi connectivity index (χ0) is 13.8. The summed E-state index contributed by atoms with van der Waals surface area (Å²) in [6, 6.07) is 7.42. The van der Waals surface area contributed by atoms with Crippen molar-refractivity contribution in [1.29, 1.82) is 0 Å². The summed E-state index contributed by atoms with van der Waals surface area (Å²) in [6.45, 7) is 3.64. The fraction of sp³-hybridized carbons (Fsp3) is 0.231. The summed E-state index contributed by atoms with van der Waals surface area (Å²) in [5.74, 6) is 0.422. The second kappa shape index (κ2) is 6.16. The van der Waals surface area contributed by atoms with Crippen LogP contribution in [0.1, 0.15) is 11.8 Å². The third-order valence-corrected chi connectivity index (χ3v) is 3.84. The molecular formula is C13H13BrN2O2S. The molecule has 2 aromatic rings. The van der Waals surface area contributed by atoms with Crippen LogP contribution in [0.15, 0.2) is 34.9 Å². The number of hydrogen-bond donors (Lipinski definition) is 1. The van der Waals surface area contributed by atoms with Crippen LogP contribution in [0.5, 0.6) is 5.75 Å². The number of halogens is 1. The van der Waals surface area contributed by atoms with Crippen LogP contribution in [0.25, 0.3) is 0 Å². The molecule has 1 amide bonds. The second-order valence-electron chi connectivity index (χ2n) is 3.96. The monoisotopic (exact) mass is 340 g/mol. The van der Waals surface area contributed by atoms with Gasteiger partial charge in [-0.05, 0) is 41.9 Å². The number of nitrogens with zero attached hydrogens (tertiary/aromatic N) is 1. The van der Waals surface area contributed by atoms with Crippen LogP contribution >= 0.6 is 27.3 Å². The Morgan fingerprint density at radius 1 is 1.47 bits per heavy atom. The first kappa shape index (κ1) is 14.0. The van der Waals surface area contributed by atoms with Gasteiger partial charge in [0, 0.05) is 11.1 Å². The average Bonchev–Trinajstić information content (AvgIpc) is 2.77. The summed E-state index contributed by atoms with van der Waals surface area (Å²) in [4.78, 5) is 17.1. The highest BCUT2D eigenvalue weighted by Gasteiger charge is 2.17. The molecule has 19 heavy (non-hydrogen) atoms.